The van der Waals surface area contributed by atoms with Gasteiger partial charge in [-0.3, -0.25) is 0 Å². The van der Waals surface area contributed by atoms with Gasteiger partial charge in [0.05, 0.1) is 0 Å². The molecule has 0 radical (unpaired) electrons. The van der Waals surface area contributed by atoms with Crippen LogP contribution in [0, 0.1) is 0 Å². The van der Waals surface area contributed by atoms with E-state index in [2.05, 4.69) is 0 Å². The molecule has 11 heteroatoms. The van der Waals surface area contributed by atoms with E-state index in [1.54, 1.807) is 0 Å². The summed E-state index contributed by atoms with van der Waals surface area (Å²) < 4.78 is 0. The molecule has 1 atom stereocenters. The Balaban J connectivity index is -0.000000352. The zero-order valence-electron chi connectivity index (χ0n) is 10.4. The molecule has 0 aliphatic carbocycles. The summed E-state index contributed by atoms with van der Waals surface area (Å²) in [5.41, 5.74) is -2.86. The van der Waals surface area contributed by atoms with Gasteiger partial charge in [0, 0.05) is 24.8 Å². The summed E-state index contributed by atoms with van der Waals surface area (Å²) in [6.45, 7) is 1.20. The van der Waals surface area contributed by atoms with E-state index in [-0.39, 0.29) is 19.5 Å². The maximum atomic E-state index is 10.3. The summed E-state index contributed by atoms with van der Waals surface area (Å²) in [5, 5.41) is 53.0. The average molecular weight is 346 g/mol. The van der Waals surface area contributed by atoms with Gasteiger partial charge >= 0.3 is 31.4 Å². The topological polar surface area (TPSA) is 195 Å². The van der Waals surface area contributed by atoms with Crippen molar-refractivity contribution in [2.24, 2.45) is 0 Å². The summed E-state index contributed by atoms with van der Waals surface area (Å²) >= 11 is 0. The van der Waals surface area contributed by atoms with Crippen molar-refractivity contribution in [3.63, 3.8) is 0 Å². The van der Waals surface area contributed by atoms with Crippen LogP contribution in [0.25, 0.3) is 0 Å². The molecule has 10 nitrogen and oxygen atoms in total. The Hall–Kier alpha value is -1.58. The summed E-state index contributed by atoms with van der Waals surface area (Å²) in [4.78, 5) is 39.6. The van der Waals surface area contributed by atoms with E-state index in [1.807, 2.05) is 0 Å². The van der Waals surface area contributed by atoms with Crippen LogP contribution in [0.3, 0.4) is 0 Å². The Kier molecular flexibility index (Phi) is 12.0. The third kappa shape index (κ3) is 11.5. The average Bonchev–Trinajstić information content (AvgIpc) is 2.14. The number of hydrogen-bond acceptors (Lipinski definition) is 8. The Morgan fingerprint density at radius 3 is 1.40 bits per heavy atom. The minimum atomic E-state index is -2.86. The second-order valence-electron chi connectivity index (χ2n) is 3.45. The van der Waals surface area contributed by atoms with Crippen molar-refractivity contribution in [1.82, 2.24) is 0 Å². The zero-order chi connectivity index (χ0) is 15.8. The van der Waals surface area contributed by atoms with Crippen LogP contribution < -0.4 is 10.2 Å². The third-order valence-corrected chi connectivity index (χ3v) is 1.63. The molecule has 0 aromatic rings. The molecular formula is C9H12O10Zn. The molecule has 0 spiro atoms. The molecule has 0 bridgehead atoms. The van der Waals surface area contributed by atoms with E-state index in [0.29, 0.717) is 0 Å². The van der Waals surface area contributed by atoms with Gasteiger partial charge in [0.1, 0.15) is 6.10 Å². The van der Waals surface area contributed by atoms with E-state index in [1.165, 1.54) is 6.92 Å². The SMILES string of the molecule is CC(O)C(=O)O.O=C([O-])CC(O)(CC(=O)[O-])C(=O)O.[Zn+2]. The molecule has 0 saturated heterocycles. The molecule has 0 aliphatic heterocycles. The number of aliphatic hydroxyl groups is 2. The molecule has 1 unspecified atom stereocenters. The first-order valence-corrected chi connectivity index (χ1v) is 4.68. The summed E-state index contributed by atoms with van der Waals surface area (Å²) in [6, 6.07) is 0. The third-order valence-electron chi connectivity index (χ3n) is 1.63. The number of aliphatic carboxylic acids is 4. The molecule has 0 amide bonds. The number of aliphatic hydroxyl groups excluding tert-OH is 1. The maximum absolute atomic E-state index is 10.3. The summed E-state index contributed by atoms with van der Waals surface area (Å²) in [5.74, 6) is -6.84. The first kappa shape index (κ1) is 23.5. The van der Waals surface area contributed by atoms with Crippen LogP contribution in [-0.2, 0) is 38.7 Å². The van der Waals surface area contributed by atoms with Crippen LogP contribution in [0.2, 0.25) is 0 Å². The quantitative estimate of drug-likeness (QED) is 0.341. The van der Waals surface area contributed by atoms with Gasteiger partial charge in [-0.2, -0.15) is 0 Å². The Labute approximate surface area is 125 Å². The minimum absolute atomic E-state index is 0. The van der Waals surface area contributed by atoms with Crippen molar-refractivity contribution < 1.29 is 69.3 Å². The van der Waals surface area contributed by atoms with E-state index in [0.717, 1.165) is 0 Å². The monoisotopic (exact) mass is 344 g/mol. The van der Waals surface area contributed by atoms with Crippen molar-refractivity contribution in [2.75, 3.05) is 0 Å². The first-order chi connectivity index (χ1) is 8.42. The van der Waals surface area contributed by atoms with Crippen LogP contribution in [0.15, 0.2) is 0 Å². The fraction of sp³-hybridized carbons (Fsp3) is 0.556. The van der Waals surface area contributed by atoms with Crippen molar-refractivity contribution in [2.45, 2.75) is 31.5 Å². The van der Waals surface area contributed by atoms with E-state index in [4.69, 9.17) is 20.4 Å². The number of carbonyl (C=O) groups excluding carboxylic acids is 2. The number of carbonyl (C=O) groups is 4. The molecule has 0 aromatic carbocycles. The zero-order valence-corrected chi connectivity index (χ0v) is 13.4. The predicted molar refractivity (Wildman–Crippen MR) is 51.2 cm³/mol. The van der Waals surface area contributed by atoms with Gasteiger partial charge in [0.2, 0.25) is 0 Å². The maximum Gasteiger partial charge on any atom is 2.00 e. The van der Waals surface area contributed by atoms with Crippen LogP contribution in [0.4, 0.5) is 0 Å². The predicted octanol–water partition coefficient (Wildman–Crippen LogP) is -4.47. The molecule has 20 heavy (non-hydrogen) atoms. The van der Waals surface area contributed by atoms with Crippen molar-refractivity contribution in [3.8, 4) is 0 Å². The van der Waals surface area contributed by atoms with Gasteiger partial charge in [0.15, 0.2) is 5.60 Å². The van der Waals surface area contributed by atoms with Crippen molar-refractivity contribution in [3.05, 3.63) is 0 Å². The Morgan fingerprint density at radius 2 is 1.30 bits per heavy atom. The van der Waals surface area contributed by atoms with Gasteiger partial charge in [-0.1, -0.05) is 0 Å². The Bertz CT molecular complexity index is 348. The largest absolute Gasteiger partial charge is 2.00 e. The number of rotatable bonds is 6. The molecule has 110 valence electrons. The van der Waals surface area contributed by atoms with Crippen molar-refractivity contribution in [1.29, 1.82) is 0 Å². The van der Waals surface area contributed by atoms with Crippen LogP contribution in [0.5, 0.6) is 0 Å². The minimum Gasteiger partial charge on any atom is -0.550 e. The van der Waals surface area contributed by atoms with E-state index in [9.17, 15) is 29.4 Å². The summed E-state index contributed by atoms with van der Waals surface area (Å²) in [6.07, 6.45) is -3.82. The van der Waals surface area contributed by atoms with Crippen LogP contribution >= 0.6 is 0 Å². The molecular weight excluding hydrogens is 333 g/mol. The van der Waals surface area contributed by atoms with E-state index < -0.39 is 48.4 Å². The molecule has 0 saturated carbocycles. The number of carboxylic acids is 4. The second kappa shape index (κ2) is 10.2. The number of carboxylic acid groups (broad SMARTS) is 4. The standard InChI is InChI=1S/C6H8O7.C3H6O3.Zn/c7-3(8)1-6(13,5(11)12)2-4(9)10;1-2(4)3(5)6;/h13H,1-2H2,(H,7,8)(H,9,10)(H,11,12);2,4H,1H3,(H,5,6);/q;;+2/p-2. The molecule has 4 N–H and O–H groups in total. The molecule has 0 heterocycles. The van der Waals surface area contributed by atoms with Crippen molar-refractivity contribution >= 4 is 23.9 Å². The smallest absolute Gasteiger partial charge is 0.550 e. The van der Waals surface area contributed by atoms with Gasteiger partial charge in [-0.05, 0) is 6.92 Å². The normalized spacial score (nSPS) is 11.2. The fourth-order valence-corrected chi connectivity index (χ4v) is 0.691. The van der Waals surface area contributed by atoms with Gasteiger partial charge in [-0.15, -0.1) is 0 Å². The molecule has 0 fully saturated rings. The molecule has 0 aromatic heterocycles. The Morgan fingerprint density at radius 1 is 1.05 bits per heavy atom. The number of hydrogen-bond donors (Lipinski definition) is 4. The van der Waals surface area contributed by atoms with Gasteiger partial charge < -0.3 is 40.2 Å². The summed E-state index contributed by atoms with van der Waals surface area (Å²) in [7, 11) is 0. The first-order valence-electron chi connectivity index (χ1n) is 4.68. The fourth-order valence-electron chi connectivity index (χ4n) is 0.691. The van der Waals surface area contributed by atoms with Gasteiger partial charge in [-0.25, -0.2) is 9.59 Å². The van der Waals surface area contributed by atoms with Crippen LogP contribution in [-0.4, -0.2) is 56.0 Å². The van der Waals surface area contributed by atoms with E-state index >= 15 is 0 Å². The van der Waals surface area contributed by atoms with Gasteiger partial charge in [0.25, 0.3) is 0 Å². The van der Waals surface area contributed by atoms with Crippen LogP contribution in [0.1, 0.15) is 19.8 Å². The molecule has 0 rings (SSSR count). The molecule has 0 aliphatic rings. The second-order valence-corrected chi connectivity index (χ2v) is 3.45.